The van der Waals surface area contributed by atoms with E-state index in [9.17, 15) is 29.8 Å². The van der Waals surface area contributed by atoms with Gasteiger partial charge >= 0.3 is 0 Å². The van der Waals surface area contributed by atoms with Crippen LogP contribution in [-0.2, 0) is 22.4 Å². The van der Waals surface area contributed by atoms with Crippen molar-refractivity contribution in [3.05, 3.63) is 78.9 Å². The summed E-state index contributed by atoms with van der Waals surface area (Å²) in [6.45, 7) is 6.97. The van der Waals surface area contributed by atoms with Crippen molar-refractivity contribution < 1.29 is 19.4 Å². The normalized spacial score (nSPS) is 11.7. The Hall–Kier alpha value is -4.48. The standard InChI is InChI=1S/C26H32N6O6/c1-5-19-11-13-21(15-23(19)31(35)36)17(3)27-29-25(33)9-7-8-10-26(34)30-28-18(4)22-14-12-20(6-2)24(16-22)32(37)38/h11-16H,5-10H2,1-4H3,(H,29,33)(H,30,34). The number of unbranched alkanes of at least 4 members (excludes halogenated alkanes) is 1. The van der Waals surface area contributed by atoms with Crippen LogP contribution < -0.4 is 10.9 Å². The molecular weight excluding hydrogens is 492 g/mol. The van der Waals surface area contributed by atoms with E-state index in [0.29, 0.717) is 59.4 Å². The second kappa shape index (κ2) is 14.3. The van der Waals surface area contributed by atoms with Crippen LogP contribution in [-0.4, -0.2) is 33.1 Å². The summed E-state index contributed by atoms with van der Waals surface area (Å²) in [5.74, 6) is -0.675. The Kier molecular flexibility index (Phi) is 11.2. The van der Waals surface area contributed by atoms with E-state index < -0.39 is 9.85 Å². The zero-order valence-electron chi connectivity index (χ0n) is 21.9. The molecule has 12 nitrogen and oxygen atoms in total. The van der Waals surface area contributed by atoms with E-state index in [2.05, 4.69) is 21.1 Å². The molecule has 0 fully saturated rings. The summed E-state index contributed by atoms with van der Waals surface area (Å²) in [5, 5.41) is 30.5. The van der Waals surface area contributed by atoms with Gasteiger partial charge in [0.2, 0.25) is 11.8 Å². The lowest BCUT2D eigenvalue weighted by Crippen LogP contribution is -2.20. The van der Waals surface area contributed by atoms with Crippen LogP contribution >= 0.6 is 0 Å². The van der Waals surface area contributed by atoms with Gasteiger partial charge in [0.25, 0.3) is 11.4 Å². The minimum Gasteiger partial charge on any atom is -0.273 e. The number of amides is 2. The molecule has 0 bridgehead atoms. The van der Waals surface area contributed by atoms with Crippen LogP contribution in [0.25, 0.3) is 0 Å². The number of hydrazone groups is 2. The molecule has 0 aliphatic rings. The van der Waals surface area contributed by atoms with Gasteiger partial charge in [-0.15, -0.1) is 0 Å². The maximum absolute atomic E-state index is 12.1. The highest BCUT2D eigenvalue weighted by molar-refractivity contribution is 6.00. The number of nitro groups is 2. The first kappa shape index (κ1) is 29.7. The Balaban J connectivity index is 1.80. The molecule has 0 heterocycles. The van der Waals surface area contributed by atoms with Gasteiger partial charge in [0.1, 0.15) is 0 Å². The highest BCUT2D eigenvalue weighted by Gasteiger charge is 2.15. The third-order valence-corrected chi connectivity index (χ3v) is 5.92. The first-order chi connectivity index (χ1) is 18.1. The predicted molar refractivity (Wildman–Crippen MR) is 144 cm³/mol. The highest BCUT2D eigenvalue weighted by atomic mass is 16.6. The highest BCUT2D eigenvalue weighted by Crippen LogP contribution is 2.22. The van der Waals surface area contributed by atoms with Crippen molar-refractivity contribution in [2.75, 3.05) is 0 Å². The first-order valence-corrected chi connectivity index (χ1v) is 12.3. The molecule has 0 saturated heterocycles. The lowest BCUT2D eigenvalue weighted by atomic mass is 10.0. The van der Waals surface area contributed by atoms with Crippen LogP contribution in [0.2, 0.25) is 0 Å². The van der Waals surface area contributed by atoms with Crippen molar-refractivity contribution in [3.63, 3.8) is 0 Å². The van der Waals surface area contributed by atoms with Crippen LogP contribution in [0.4, 0.5) is 11.4 Å². The second-order valence-corrected chi connectivity index (χ2v) is 8.58. The topological polar surface area (TPSA) is 169 Å². The molecule has 2 amide bonds. The lowest BCUT2D eigenvalue weighted by molar-refractivity contribution is -0.385. The molecule has 202 valence electrons. The van der Waals surface area contributed by atoms with Gasteiger partial charge in [-0.05, 0) is 39.5 Å². The first-order valence-electron chi connectivity index (χ1n) is 12.3. The van der Waals surface area contributed by atoms with E-state index in [1.807, 2.05) is 13.8 Å². The van der Waals surface area contributed by atoms with Crippen molar-refractivity contribution >= 4 is 34.6 Å². The van der Waals surface area contributed by atoms with Gasteiger partial charge < -0.3 is 0 Å². The van der Waals surface area contributed by atoms with Gasteiger partial charge in [-0.25, -0.2) is 10.9 Å². The van der Waals surface area contributed by atoms with Crippen LogP contribution in [0.15, 0.2) is 46.6 Å². The van der Waals surface area contributed by atoms with Crippen molar-refractivity contribution in [1.82, 2.24) is 10.9 Å². The van der Waals surface area contributed by atoms with E-state index in [1.165, 1.54) is 12.1 Å². The maximum Gasteiger partial charge on any atom is 0.273 e. The number of nitro benzene ring substituents is 2. The van der Waals surface area contributed by atoms with Gasteiger partial charge in [-0.3, -0.25) is 29.8 Å². The number of aryl methyl sites for hydroxylation is 2. The SMILES string of the molecule is CCc1ccc(C(C)=NNC(=O)CCCCC(=O)NN=C(C)c2ccc(CC)c([N+](=O)[O-])c2)cc1[N+](=O)[O-]. The average molecular weight is 525 g/mol. The summed E-state index contributed by atoms with van der Waals surface area (Å²) in [7, 11) is 0. The van der Waals surface area contributed by atoms with Gasteiger partial charge in [0.05, 0.1) is 21.3 Å². The largest absolute Gasteiger partial charge is 0.273 e. The number of benzene rings is 2. The number of carbonyl (C=O) groups is 2. The fourth-order valence-electron chi connectivity index (χ4n) is 3.62. The van der Waals surface area contributed by atoms with E-state index in [1.54, 1.807) is 38.1 Å². The summed E-state index contributed by atoms with van der Waals surface area (Å²) in [4.78, 5) is 45.8. The average Bonchev–Trinajstić information content (AvgIpc) is 2.91. The molecule has 38 heavy (non-hydrogen) atoms. The summed E-state index contributed by atoms with van der Waals surface area (Å²) >= 11 is 0. The fraction of sp³-hybridized carbons (Fsp3) is 0.385. The summed E-state index contributed by atoms with van der Waals surface area (Å²) in [6, 6.07) is 9.68. The lowest BCUT2D eigenvalue weighted by Gasteiger charge is -2.06. The molecule has 12 heteroatoms. The van der Waals surface area contributed by atoms with Crippen molar-refractivity contribution in [2.45, 2.75) is 66.2 Å². The van der Waals surface area contributed by atoms with Crippen LogP contribution in [0.3, 0.4) is 0 Å². The van der Waals surface area contributed by atoms with Crippen LogP contribution in [0.1, 0.15) is 75.6 Å². The number of nitrogens with one attached hydrogen (secondary N) is 2. The molecule has 2 N–H and O–H groups in total. The molecule has 0 saturated carbocycles. The van der Waals surface area contributed by atoms with Gasteiger partial charge in [0.15, 0.2) is 0 Å². The Morgan fingerprint density at radius 2 is 1.11 bits per heavy atom. The van der Waals surface area contributed by atoms with Gasteiger partial charge in [0, 0.05) is 47.2 Å². The Morgan fingerprint density at radius 1 is 0.737 bits per heavy atom. The third-order valence-electron chi connectivity index (χ3n) is 5.92. The predicted octanol–water partition coefficient (Wildman–Crippen LogP) is 4.57. The summed E-state index contributed by atoms with van der Waals surface area (Å²) in [5.41, 5.74) is 8.09. The third kappa shape index (κ3) is 8.57. The van der Waals surface area contributed by atoms with E-state index in [0.717, 1.165) is 0 Å². The molecule has 0 aliphatic carbocycles. The molecule has 0 aromatic heterocycles. The Bertz CT molecular complexity index is 1170. The quantitative estimate of drug-likeness (QED) is 0.168. The molecular formula is C26H32N6O6. The second-order valence-electron chi connectivity index (χ2n) is 8.58. The molecule has 0 radical (unpaired) electrons. The minimum atomic E-state index is -0.438. The minimum absolute atomic E-state index is 0.0133. The Labute approximate surface area is 220 Å². The molecule has 2 rings (SSSR count). The fourth-order valence-corrected chi connectivity index (χ4v) is 3.62. The molecule has 0 unspecified atom stereocenters. The van der Waals surface area contributed by atoms with Crippen LogP contribution in [0.5, 0.6) is 0 Å². The number of carbonyl (C=O) groups excluding carboxylic acids is 2. The van der Waals surface area contributed by atoms with Gasteiger partial charge in [-0.1, -0.05) is 38.1 Å². The van der Waals surface area contributed by atoms with E-state index in [-0.39, 0.29) is 36.0 Å². The van der Waals surface area contributed by atoms with Gasteiger partial charge in [-0.2, -0.15) is 10.2 Å². The zero-order chi connectivity index (χ0) is 28.2. The number of nitrogens with zero attached hydrogens (tertiary/aromatic N) is 4. The number of rotatable bonds is 13. The smallest absolute Gasteiger partial charge is 0.273 e. The molecule has 2 aromatic carbocycles. The maximum atomic E-state index is 12.1. The van der Waals surface area contributed by atoms with E-state index in [4.69, 9.17) is 0 Å². The molecule has 0 aliphatic heterocycles. The number of hydrogen-bond donors (Lipinski definition) is 2. The summed E-state index contributed by atoms with van der Waals surface area (Å²) in [6.07, 6.45) is 2.25. The molecule has 0 atom stereocenters. The van der Waals surface area contributed by atoms with Crippen molar-refractivity contribution in [2.24, 2.45) is 10.2 Å². The zero-order valence-corrected chi connectivity index (χ0v) is 21.9. The molecule has 0 spiro atoms. The van der Waals surface area contributed by atoms with E-state index >= 15 is 0 Å². The molecule has 2 aromatic rings. The Morgan fingerprint density at radius 3 is 1.42 bits per heavy atom. The monoisotopic (exact) mass is 524 g/mol. The van der Waals surface area contributed by atoms with Crippen molar-refractivity contribution in [1.29, 1.82) is 0 Å². The number of hydrogen-bond acceptors (Lipinski definition) is 8. The van der Waals surface area contributed by atoms with Crippen molar-refractivity contribution in [3.8, 4) is 0 Å². The van der Waals surface area contributed by atoms with Crippen LogP contribution in [0, 0.1) is 20.2 Å². The summed E-state index contributed by atoms with van der Waals surface area (Å²) < 4.78 is 0.